The Labute approximate surface area is 48.5 Å². The summed E-state index contributed by atoms with van der Waals surface area (Å²) in [5.41, 5.74) is 6.34. The van der Waals surface area contributed by atoms with Crippen molar-refractivity contribution in [3.63, 3.8) is 0 Å². The van der Waals surface area contributed by atoms with Gasteiger partial charge >= 0.3 is 0 Å². The van der Waals surface area contributed by atoms with Gasteiger partial charge in [-0.05, 0) is 6.92 Å². The summed E-state index contributed by atoms with van der Waals surface area (Å²) in [5.74, 6) is 0. The van der Waals surface area contributed by atoms with Crippen molar-refractivity contribution in [3.8, 4) is 0 Å². The maximum atomic E-state index is 5.30. The first-order valence-corrected chi connectivity index (χ1v) is 2.72. The fourth-order valence-electron chi connectivity index (χ4n) is 0.695. The fraction of sp³-hybridized carbons (Fsp3) is 0.800. The van der Waals surface area contributed by atoms with Crippen LogP contribution < -0.4 is 5.73 Å². The number of hydrogen-bond donors (Lipinski definition) is 1. The van der Waals surface area contributed by atoms with E-state index in [1.807, 2.05) is 6.92 Å². The van der Waals surface area contributed by atoms with Crippen LogP contribution in [-0.2, 0) is 4.84 Å². The lowest BCUT2D eigenvalue weighted by Crippen LogP contribution is -2.19. The van der Waals surface area contributed by atoms with Crippen LogP contribution >= 0.6 is 0 Å². The largest absolute Gasteiger partial charge is 0.391 e. The number of oxime groups is 1. The molecule has 0 aromatic heterocycles. The molecule has 1 rings (SSSR count). The Morgan fingerprint density at radius 3 is 3.00 bits per heavy atom. The van der Waals surface area contributed by atoms with Gasteiger partial charge in [0, 0.05) is 13.0 Å². The fourth-order valence-corrected chi connectivity index (χ4v) is 0.695. The second kappa shape index (κ2) is 2.13. The standard InChI is InChI=1S/C5H10N2O/c1-4-2-5(3-6)8-7-4/h5H,2-3,6H2,1H3/t5-/m0/s1. The molecule has 3 heteroatoms. The highest BCUT2D eigenvalue weighted by Crippen LogP contribution is 2.07. The molecule has 2 N–H and O–H groups in total. The molecule has 8 heavy (non-hydrogen) atoms. The van der Waals surface area contributed by atoms with E-state index < -0.39 is 0 Å². The normalized spacial score (nSPS) is 27.2. The van der Waals surface area contributed by atoms with E-state index in [-0.39, 0.29) is 6.10 Å². The molecule has 0 saturated carbocycles. The van der Waals surface area contributed by atoms with Crippen molar-refractivity contribution in [1.29, 1.82) is 0 Å². The third-order valence-electron chi connectivity index (χ3n) is 1.14. The predicted octanol–water partition coefficient (Wildman–Crippen LogP) is 0.110. The van der Waals surface area contributed by atoms with Gasteiger partial charge in [-0.2, -0.15) is 0 Å². The van der Waals surface area contributed by atoms with Crippen LogP contribution in [0.5, 0.6) is 0 Å². The zero-order valence-electron chi connectivity index (χ0n) is 4.92. The molecule has 1 aliphatic rings. The molecule has 0 bridgehead atoms. The van der Waals surface area contributed by atoms with E-state index in [0.29, 0.717) is 6.54 Å². The van der Waals surface area contributed by atoms with Crippen molar-refractivity contribution >= 4 is 5.71 Å². The molecule has 0 unspecified atom stereocenters. The summed E-state index contributed by atoms with van der Waals surface area (Å²) in [6.45, 7) is 2.51. The second-order valence-corrected chi connectivity index (χ2v) is 1.99. The van der Waals surface area contributed by atoms with Gasteiger partial charge in [-0.1, -0.05) is 5.16 Å². The third-order valence-corrected chi connectivity index (χ3v) is 1.14. The summed E-state index contributed by atoms with van der Waals surface area (Å²) < 4.78 is 0. The van der Waals surface area contributed by atoms with E-state index in [4.69, 9.17) is 10.6 Å². The average molecular weight is 114 g/mol. The van der Waals surface area contributed by atoms with Crippen LogP contribution in [0.25, 0.3) is 0 Å². The van der Waals surface area contributed by atoms with E-state index in [1.165, 1.54) is 0 Å². The molecule has 3 nitrogen and oxygen atoms in total. The lowest BCUT2D eigenvalue weighted by Gasteiger charge is -2.00. The van der Waals surface area contributed by atoms with E-state index in [0.717, 1.165) is 12.1 Å². The molecule has 0 aliphatic carbocycles. The molecule has 1 atom stereocenters. The smallest absolute Gasteiger partial charge is 0.145 e. The summed E-state index contributed by atoms with van der Waals surface area (Å²) in [5, 5.41) is 3.73. The molecule has 1 heterocycles. The highest BCUT2D eigenvalue weighted by Gasteiger charge is 2.14. The predicted molar refractivity (Wildman–Crippen MR) is 31.7 cm³/mol. The Hall–Kier alpha value is -0.570. The molecule has 0 saturated heterocycles. The summed E-state index contributed by atoms with van der Waals surface area (Å²) in [6.07, 6.45) is 1.05. The Kier molecular flexibility index (Phi) is 1.48. The van der Waals surface area contributed by atoms with Crippen LogP contribution in [0.3, 0.4) is 0 Å². The van der Waals surface area contributed by atoms with E-state index in [1.54, 1.807) is 0 Å². The molecule has 0 aromatic rings. The summed E-state index contributed by atoms with van der Waals surface area (Å²) >= 11 is 0. The number of nitrogens with zero attached hydrogens (tertiary/aromatic N) is 1. The monoisotopic (exact) mass is 114 g/mol. The van der Waals surface area contributed by atoms with Crippen molar-refractivity contribution in [2.24, 2.45) is 10.9 Å². The molecule has 46 valence electrons. The van der Waals surface area contributed by atoms with Crippen molar-refractivity contribution in [2.75, 3.05) is 6.54 Å². The van der Waals surface area contributed by atoms with E-state index in [9.17, 15) is 0 Å². The van der Waals surface area contributed by atoms with Gasteiger partial charge in [0.1, 0.15) is 6.10 Å². The molecule has 1 aliphatic heterocycles. The first-order valence-electron chi connectivity index (χ1n) is 2.72. The minimum absolute atomic E-state index is 0.148. The van der Waals surface area contributed by atoms with Gasteiger partial charge in [0.05, 0.1) is 5.71 Å². The molecule has 0 radical (unpaired) electrons. The second-order valence-electron chi connectivity index (χ2n) is 1.99. The van der Waals surface area contributed by atoms with Crippen molar-refractivity contribution in [1.82, 2.24) is 0 Å². The Bertz CT molecular complexity index is 111. The van der Waals surface area contributed by atoms with Crippen molar-refractivity contribution < 1.29 is 4.84 Å². The van der Waals surface area contributed by atoms with Gasteiger partial charge < -0.3 is 10.6 Å². The molecule has 0 fully saturated rings. The van der Waals surface area contributed by atoms with Crippen molar-refractivity contribution in [3.05, 3.63) is 0 Å². The highest BCUT2D eigenvalue weighted by molar-refractivity contribution is 5.82. The van der Waals surface area contributed by atoms with Gasteiger partial charge in [-0.25, -0.2) is 0 Å². The minimum atomic E-state index is 0.148. The van der Waals surface area contributed by atoms with Crippen LogP contribution in [0.1, 0.15) is 13.3 Å². The Morgan fingerprint density at radius 1 is 2.00 bits per heavy atom. The molecule has 0 spiro atoms. The number of rotatable bonds is 1. The number of hydrogen-bond acceptors (Lipinski definition) is 3. The van der Waals surface area contributed by atoms with Crippen LogP contribution in [0.4, 0.5) is 0 Å². The average Bonchev–Trinajstić information content (AvgIpc) is 2.14. The molecular weight excluding hydrogens is 104 g/mol. The lowest BCUT2D eigenvalue weighted by molar-refractivity contribution is 0.0918. The number of nitrogens with two attached hydrogens (primary N) is 1. The zero-order valence-corrected chi connectivity index (χ0v) is 4.92. The van der Waals surface area contributed by atoms with Crippen LogP contribution in [-0.4, -0.2) is 18.4 Å². The summed E-state index contributed by atoms with van der Waals surface area (Å²) in [6, 6.07) is 0. The SMILES string of the molecule is CC1=NO[C@H](CN)C1. The molecular formula is C5H10N2O. The Morgan fingerprint density at radius 2 is 2.75 bits per heavy atom. The lowest BCUT2D eigenvalue weighted by atomic mass is 10.2. The van der Waals surface area contributed by atoms with E-state index in [2.05, 4.69) is 5.16 Å². The van der Waals surface area contributed by atoms with Gasteiger partial charge in [-0.15, -0.1) is 0 Å². The van der Waals surface area contributed by atoms with Gasteiger partial charge in [0.2, 0.25) is 0 Å². The van der Waals surface area contributed by atoms with Crippen LogP contribution in [0.2, 0.25) is 0 Å². The van der Waals surface area contributed by atoms with Crippen LogP contribution in [0.15, 0.2) is 5.16 Å². The maximum absolute atomic E-state index is 5.30. The first-order chi connectivity index (χ1) is 3.83. The van der Waals surface area contributed by atoms with Crippen LogP contribution in [0, 0.1) is 0 Å². The maximum Gasteiger partial charge on any atom is 0.145 e. The topological polar surface area (TPSA) is 47.6 Å². The van der Waals surface area contributed by atoms with E-state index >= 15 is 0 Å². The third kappa shape index (κ3) is 0.980. The Balaban J connectivity index is 2.32. The quantitative estimate of drug-likeness (QED) is 0.526. The van der Waals surface area contributed by atoms with Gasteiger partial charge in [0.15, 0.2) is 0 Å². The van der Waals surface area contributed by atoms with Gasteiger partial charge in [0.25, 0.3) is 0 Å². The van der Waals surface area contributed by atoms with Gasteiger partial charge in [-0.3, -0.25) is 0 Å². The zero-order chi connectivity index (χ0) is 5.98. The summed E-state index contributed by atoms with van der Waals surface area (Å²) in [7, 11) is 0. The summed E-state index contributed by atoms with van der Waals surface area (Å²) in [4.78, 5) is 4.88. The van der Waals surface area contributed by atoms with Crippen molar-refractivity contribution in [2.45, 2.75) is 19.4 Å². The minimum Gasteiger partial charge on any atom is -0.391 e. The first kappa shape index (κ1) is 5.56. The highest BCUT2D eigenvalue weighted by atomic mass is 16.6. The molecule has 0 amide bonds. The molecule has 0 aromatic carbocycles.